The molecular weight excluding hydrogens is 242 g/mol. The van der Waals surface area contributed by atoms with E-state index in [1.54, 1.807) is 6.92 Å². The third-order valence-electron chi connectivity index (χ3n) is 3.81. The molecule has 1 amide bonds. The molecular formula is C14H26N3O2+. The molecule has 1 saturated heterocycles. The molecule has 5 nitrogen and oxygen atoms in total. The summed E-state index contributed by atoms with van der Waals surface area (Å²) >= 11 is 0. The first-order valence-electron chi connectivity index (χ1n) is 6.98. The lowest BCUT2D eigenvalue weighted by Gasteiger charge is -2.33. The number of rotatable bonds is 4. The van der Waals surface area contributed by atoms with Crippen LogP contribution in [0.25, 0.3) is 0 Å². The van der Waals surface area contributed by atoms with Crippen molar-refractivity contribution in [3.05, 3.63) is 0 Å². The van der Waals surface area contributed by atoms with E-state index in [4.69, 9.17) is 4.74 Å². The molecule has 0 aliphatic carbocycles. The van der Waals surface area contributed by atoms with E-state index in [1.807, 2.05) is 27.7 Å². The van der Waals surface area contributed by atoms with E-state index in [0.29, 0.717) is 6.54 Å². The number of hydrogen-bond donors (Lipinski definition) is 2. The molecule has 5 heteroatoms. The van der Waals surface area contributed by atoms with Gasteiger partial charge in [-0.05, 0) is 26.7 Å². The highest BCUT2D eigenvalue weighted by Gasteiger charge is 2.33. The summed E-state index contributed by atoms with van der Waals surface area (Å²) in [5, 5.41) is 12.1. The van der Waals surface area contributed by atoms with Crippen LogP contribution in [0.5, 0.6) is 0 Å². The fourth-order valence-electron chi connectivity index (χ4n) is 2.40. The van der Waals surface area contributed by atoms with E-state index in [1.165, 1.54) is 4.90 Å². The molecule has 0 aromatic carbocycles. The van der Waals surface area contributed by atoms with E-state index in [0.717, 1.165) is 13.1 Å². The maximum Gasteiger partial charge on any atom is 0.276 e. The van der Waals surface area contributed by atoms with Crippen LogP contribution in [0.4, 0.5) is 0 Å². The van der Waals surface area contributed by atoms with Gasteiger partial charge in [-0.1, -0.05) is 13.8 Å². The lowest BCUT2D eigenvalue weighted by atomic mass is 9.90. The number of nitriles is 1. The van der Waals surface area contributed by atoms with Crippen LogP contribution < -0.4 is 10.2 Å². The molecule has 1 rings (SSSR count). The Morgan fingerprint density at radius 2 is 2.00 bits per heavy atom. The van der Waals surface area contributed by atoms with Crippen LogP contribution in [-0.2, 0) is 9.53 Å². The van der Waals surface area contributed by atoms with Gasteiger partial charge < -0.3 is 15.0 Å². The first-order chi connectivity index (χ1) is 8.76. The Morgan fingerprint density at radius 1 is 1.47 bits per heavy atom. The molecule has 0 aromatic rings. The van der Waals surface area contributed by atoms with Gasteiger partial charge in [-0.25, -0.2) is 0 Å². The zero-order valence-corrected chi connectivity index (χ0v) is 12.6. The first-order valence-corrected chi connectivity index (χ1v) is 6.98. The fraction of sp³-hybridized carbons (Fsp3) is 0.857. The van der Waals surface area contributed by atoms with Gasteiger partial charge >= 0.3 is 0 Å². The standard InChI is InChI=1S/C14H25N3O2/c1-10(2)14(5,9-15)16-13(18)8-17-6-11(3)19-12(4)7-17/h10-12H,6-8H2,1-5H3,(H,16,18)/p+1/t11-,12-,14-/m0/s1. The molecule has 1 aliphatic heterocycles. The van der Waals surface area contributed by atoms with Gasteiger partial charge in [0.15, 0.2) is 6.54 Å². The number of amides is 1. The number of quaternary nitrogens is 1. The Hall–Kier alpha value is -1.12. The Kier molecular flexibility index (Phi) is 5.33. The second-order valence-corrected chi connectivity index (χ2v) is 6.11. The van der Waals surface area contributed by atoms with Crippen molar-refractivity contribution in [2.45, 2.75) is 52.4 Å². The van der Waals surface area contributed by atoms with Crippen LogP contribution in [-0.4, -0.2) is 43.3 Å². The molecule has 1 aliphatic rings. The monoisotopic (exact) mass is 268 g/mol. The minimum absolute atomic E-state index is 0.0611. The van der Waals surface area contributed by atoms with Crippen molar-refractivity contribution >= 4 is 5.91 Å². The number of carbonyl (C=O) groups is 1. The highest BCUT2D eigenvalue weighted by atomic mass is 16.5. The van der Waals surface area contributed by atoms with Crippen molar-refractivity contribution in [2.24, 2.45) is 5.92 Å². The zero-order valence-electron chi connectivity index (χ0n) is 12.6. The topological polar surface area (TPSA) is 66.6 Å². The maximum atomic E-state index is 12.1. The van der Waals surface area contributed by atoms with Crippen molar-refractivity contribution in [1.29, 1.82) is 5.26 Å². The van der Waals surface area contributed by atoms with Crippen LogP contribution >= 0.6 is 0 Å². The summed E-state index contributed by atoms with van der Waals surface area (Å²) < 4.78 is 5.65. The molecule has 19 heavy (non-hydrogen) atoms. The minimum Gasteiger partial charge on any atom is -0.364 e. The highest BCUT2D eigenvalue weighted by Crippen LogP contribution is 2.14. The molecule has 3 atom stereocenters. The molecule has 0 bridgehead atoms. The van der Waals surface area contributed by atoms with Gasteiger partial charge in [-0.15, -0.1) is 0 Å². The minimum atomic E-state index is -0.792. The molecule has 1 fully saturated rings. The summed E-state index contributed by atoms with van der Waals surface area (Å²) in [6, 6.07) is 2.20. The summed E-state index contributed by atoms with van der Waals surface area (Å²) in [7, 11) is 0. The second kappa shape index (κ2) is 6.36. The molecule has 108 valence electrons. The number of nitrogens with zero attached hydrogens (tertiary/aromatic N) is 1. The summed E-state index contributed by atoms with van der Waals surface area (Å²) in [6.45, 7) is 11.8. The van der Waals surface area contributed by atoms with E-state index in [9.17, 15) is 10.1 Å². The number of nitrogens with one attached hydrogen (secondary N) is 2. The number of morpholine rings is 1. The summed E-state index contributed by atoms with van der Waals surface area (Å²) in [4.78, 5) is 13.3. The van der Waals surface area contributed by atoms with Crippen LogP contribution in [0.2, 0.25) is 0 Å². The van der Waals surface area contributed by atoms with Gasteiger partial charge in [-0.2, -0.15) is 5.26 Å². The Bertz CT molecular complexity index is 354. The van der Waals surface area contributed by atoms with Gasteiger partial charge in [0.25, 0.3) is 5.91 Å². The predicted octanol–water partition coefficient (Wildman–Crippen LogP) is -0.267. The molecule has 2 N–H and O–H groups in total. The Balaban J connectivity index is 2.54. The second-order valence-electron chi connectivity index (χ2n) is 6.11. The lowest BCUT2D eigenvalue weighted by Crippen LogP contribution is -3.16. The average Bonchev–Trinajstić information content (AvgIpc) is 2.26. The molecule has 0 saturated carbocycles. The lowest BCUT2D eigenvalue weighted by molar-refractivity contribution is -0.907. The number of hydrogen-bond acceptors (Lipinski definition) is 3. The summed E-state index contributed by atoms with van der Waals surface area (Å²) in [6.07, 6.45) is 0.359. The van der Waals surface area contributed by atoms with Crippen LogP contribution in [0.3, 0.4) is 0 Å². The quantitative estimate of drug-likeness (QED) is 0.738. The van der Waals surface area contributed by atoms with Crippen molar-refractivity contribution in [1.82, 2.24) is 5.32 Å². The van der Waals surface area contributed by atoms with Crippen molar-refractivity contribution in [2.75, 3.05) is 19.6 Å². The Morgan fingerprint density at radius 3 is 2.42 bits per heavy atom. The first kappa shape index (κ1) is 15.9. The van der Waals surface area contributed by atoms with Gasteiger partial charge in [0.2, 0.25) is 0 Å². The fourth-order valence-corrected chi connectivity index (χ4v) is 2.40. The van der Waals surface area contributed by atoms with Crippen LogP contribution in [0.1, 0.15) is 34.6 Å². The van der Waals surface area contributed by atoms with E-state index in [2.05, 4.69) is 11.4 Å². The third-order valence-corrected chi connectivity index (χ3v) is 3.81. The van der Waals surface area contributed by atoms with Gasteiger partial charge in [-0.3, -0.25) is 4.79 Å². The largest absolute Gasteiger partial charge is 0.364 e. The average molecular weight is 268 g/mol. The van der Waals surface area contributed by atoms with Crippen LogP contribution in [0.15, 0.2) is 0 Å². The third kappa shape index (κ3) is 4.48. The SMILES string of the molecule is CC(C)[C@](C)(C#N)NC(=O)C[NH+]1C[C@H](C)O[C@@H](C)C1. The predicted molar refractivity (Wildman–Crippen MR) is 72.6 cm³/mol. The van der Waals surface area contributed by atoms with Gasteiger partial charge in [0.05, 0.1) is 6.07 Å². The van der Waals surface area contributed by atoms with E-state index in [-0.39, 0.29) is 24.0 Å². The normalized spacial score (nSPS) is 30.5. The molecule has 0 unspecified atom stereocenters. The number of ether oxygens (including phenoxy) is 1. The maximum absolute atomic E-state index is 12.1. The van der Waals surface area contributed by atoms with E-state index < -0.39 is 5.54 Å². The number of carbonyl (C=O) groups excluding carboxylic acids is 1. The molecule has 1 heterocycles. The van der Waals surface area contributed by atoms with E-state index >= 15 is 0 Å². The van der Waals surface area contributed by atoms with Crippen LogP contribution in [0, 0.1) is 17.2 Å². The van der Waals surface area contributed by atoms with Crippen molar-refractivity contribution in [3.63, 3.8) is 0 Å². The molecule has 0 aromatic heterocycles. The summed E-state index contributed by atoms with van der Waals surface area (Å²) in [5.41, 5.74) is -0.792. The Labute approximate surface area is 115 Å². The van der Waals surface area contributed by atoms with Crippen molar-refractivity contribution in [3.8, 4) is 6.07 Å². The highest BCUT2D eigenvalue weighted by molar-refractivity contribution is 5.78. The molecule has 0 radical (unpaired) electrons. The van der Waals surface area contributed by atoms with Gasteiger partial charge in [0.1, 0.15) is 30.8 Å². The molecule has 0 spiro atoms. The zero-order chi connectivity index (χ0) is 14.6. The van der Waals surface area contributed by atoms with Gasteiger partial charge in [0, 0.05) is 0 Å². The smallest absolute Gasteiger partial charge is 0.276 e. The van der Waals surface area contributed by atoms with Crippen molar-refractivity contribution < 1.29 is 14.4 Å². The summed E-state index contributed by atoms with van der Waals surface area (Å²) in [5.74, 6) is 0.0213.